The zero-order valence-electron chi connectivity index (χ0n) is 11.1. The maximum absolute atomic E-state index is 11.6. The van der Waals surface area contributed by atoms with Gasteiger partial charge < -0.3 is 10.2 Å². The average Bonchev–Trinajstić information content (AvgIpc) is 2.54. The van der Waals surface area contributed by atoms with Crippen LogP contribution in [0.1, 0.15) is 34.1 Å². The molecule has 0 aromatic heterocycles. The number of aliphatic carboxylic acids is 1. The van der Waals surface area contributed by atoms with E-state index in [-0.39, 0.29) is 18.7 Å². The normalized spacial score (nSPS) is 26.2. The fourth-order valence-corrected chi connectivity index (χ4v) is 2.49. The van der Waals surface area contributed by atoms with Gasteiger partial charge in [-0.05, 0) is 11.3 Å². The molecular formula is C12H19NO5. The molecule has 1 saturated heterocycles. The molecular weight excluding hydrogens is 238 g/mol. The van der Waals surface area contributed by atoms with Gasteiger partial charge in [0.2, 0.25) is 0 Å². The Morgan fingerprint density at radius 3 is 2.17 bits per heavy atom. The molecule has 0 spiro atoms. The highest BCUT2D eigenvalue weighted by Crippen LogP contribution is 2.43. The summed E-state index contributed by atoms with van der Waals surface area (Å²) >= 11 is 0. The molecule has 18 heavy (non-hydrogen) atoms. The first-order valence-electron chi connectivity index (χ1n) is 5.79. The molecule has 1 amide bonds. The van der Waals surface area contributed by atoms with Crippen molar-refractivity contribution in [2.75, 3.05) is 6.54 Å². The summed E-state index contributed by atoms with van der Waals surface area (Å²) < 4.78 is 0. The van der Waals surface area contributed by atoms with Crippen molar-refractivity contribution in [2.24, 2.45) is 11.3 Å². The zero-order valence-corrected chi connectivity index (χ0v) is 11.1. The van der Waals surface area contributed by atoms with Gasteiger partial charge in [-0.1, -0.05) is 27.7 Å². The second-order valence-corrected chi connectivity index (χ2v) is 5.90. The highest BCUT2D eigenvalue weighted by atomic mass is 16.4. The lowest BCUT2D eigenvalue weighted by Gasteiger charge is -2.43. The number of rotatable bonds is 2. The van der Waals surface area contributed by atoms with Gasteiger partial charge in [-0.25, -0.2) is 9.59 Å². The van der Waals surface area contributed by atoms with Crippen LogP contribution in [0.15, 0.2) is 0 Å². The van der Waals surface area contributed by atoms with Crippen LogP contribution in [0.5, 0.6) is 0 Å². The maximum Gasteiger partial charge on any atom is 0.408 e. The number of carboxylic acid groups (broad SMARTS) is 2. The monoisotopic (exact) mass is 257 g/mol. The van der Waals surface area contributed by atoms with Crippen molar-refractivity contribution in [2.45, 2.75) is 39.7 Å². The number of hydrogen-bond acceptors (Lipinski definition) is 3. The number of ketones is 1. The molecule has 0 aromatic carbocycles. The van der Waals surface area contributed by atoms with Crippen LogP contribution in [0.3, 0.4) is 0 Å². The number of amides is 1. The molecule has 0 saturated carbocycles. The predicted octanol–water partition coefficient (Wildman–Crippen LogP) is 1.44. The highest BCUT2D eigenvalue weighted by Gasteiger charge is 2.59. The third-order valence-corrected chi connectivity index (χ3v) is 3.90. The molecule has 2 atom stereocenters. The van der Waals surface area contributed by atoms with Crippen molar-refractivity contribution in [3.8, 4) is 0 Å². The molecule has 6 heteroatoms. The minimum absolute atomic E-state index is 0.257. The van der Waals surface area contributed by atoms with Gasteiger partial charge in [-0.2, -0.15) is 0 Å². The van der Waals surface area contributed by atoms with E-state index in [1.54, 1.807) is 6.92 Å². The van der Waals surface area contributed by atoms with Gasteiger partial charge >= 0.3 is 12.1 Å². The Balaban J connectivity index is 3.34. The van der Waals surface area contributed by atoms with E-state index in [1.807, 2.05) is 20.8 Å². The number of carbonyl (C=O) groups is 3. The number of nitrogens with zero attached hydrogens (tertiary/aromatic N) is 1. The summed E-state index contributed by atoms with van der Waals surface area (Å²) in [6.45, 7) is 6.85. The van der Waals surface area contributed by atoms with E-state index in [0.717, 1.165) is 4.90 Å². The Kier molecular flexibility index (Phi) is 3.42. The van der Waals surface area contributed by atoms with Crippen LogP contribution in [0.25, 0.3) is 0 Å². The highest BCUT2D eigenvalue weighted by molar-refractivity contribution is 5.98. The number of Topliss-reactive ketones (excluding diaryl/α,β-unsaturated/α-hetero) is 1. The summed E-state index contributed by atoms with van der Waals surface area (Å²) in [6, 6.07) is 0. The summed E-state index contributed by atoms with van der Waals surface area (Å²) in [7, 11) is 0. The average molecular weight is 257 g/mol. The fraction of sp³-hybridized carbons (Fsp3) is 0.750. The van der Waals surface area contributed by atoms with E-state index in [1.165, 1.54) is 0 Å². The van der Waals surface area contributed by atoms with Gasteiger partial charge in [0.1, 0.15) is 0 Å². The van der Waals surface area contributed by atoms with Gasteiger partial charge in [-0.15, -0.1) is 0 Å². The second kappa shape index (κ2) is 4.26. The minimum Gasteiger partial charge on any atom is -0.479 e. The maximum atomic E-state index is 11.6. The molecule has 1 aliphatic rings. The molecule has 2 N–H and O–H groups in total. The minimum atomic E-state index is -1.65. The predicted molar refractivity (Wildman–Crippen MR) is 63.3 cm³/mol. The molecule has 102 valence electrons. The van der Waals surface area contributed by atoms with Gasteiger partial charge in [0.25, 0.3) is 0 Å². The lowest BCUT2D eigenvalue weighted by molar-refractivity contribution is -0.155. The third-order valence-electron chi connectivity index (χ3n) is 3.90. The molecule has 1 heterocycles. The van der Waals surface area contributed by atoms with Crippen molar-refractivity contribution < 1.29 is 24.6 Å². The molecule has 1 rings (SSSR count). The van der Waals surface area contributed by atoms with Crippen molar-refractivity contribution in [1.29, 1.82) is 0 Å². The van der Waals surface area contributed by atoms with Crippen LogP contribution in [-0.2, 0) is 9.59 Å². The second-order valence-electron chi connectivity index (χ2n) is 5.90. The number of likely N-dealkylation sites (tertiary alicyclic amines) is 1. The summed E-state index contributed by atoms with van der Waals surface area (Å²) in [4.78, 5) is 35.1. The molecule has 1 fully saturated rings. The smallest absolute Gasteiger partial charge is 0.408 e. The lowest BCUT2D eigenvalue weighted by atomic mass is 9.68. The molecule has 2 unspecified atom stereocenters. The van der Waals surface area contributed by atoms with Crippen LogP contribution in [0.4, 0.5) is 4.79 Å². The van der Waals surface area contributed by atoms with Crippen molar-refractivity contribution in [1.82, 2.24) is 4.90 Å². The van der Waals surface area contributed by atoms with E-state index >= 15 is 0 Å². The number of carbonyl (C=O) groups excluding carboxylic acids is 1. The van der Waals surface area contributed by atoms with Gasteiger partial charge in [-0.3, -0.25) is 9.69 Å². The first kappa shape index (κ1) is 14.5. The topological polar surface area (TPSA) is 94.9 Å². The first-order valence-corrected chi connectivity index (χ1v) is 5.79. The Morgan fingerprint density at radius 2 is 1.83 bits per heavy atom. The van der Waals surface area contributed by atoms with Gasteiger partial charge in [0, 0.05) is 6.42 Å². The molecule has 1 aliphatic heterocycles. The number of hydrogen-bond donors (Lipinski definition) is 2. The van der Waals surface area contributed by atoms with E-state index in [0.29, 0.717) is 0 Å². The Labute approximate surface area is 106 Å². The third kappa shape index (κ3) is 2.07. The largest absolute Gasteiger partial charge is 0.479 e. The SMILES string of the molecule is CC(C(C)(C)C)C1(C(=O)O)CC(=O)CN1C(=O)O. The Bertz CT molecular complexity index is 398. The summed E-state index contributed by atoms with van der Waals surface area (Å²) in [5.41, 5.74) is -2.07. The quantitative estimate of drug-likeness (QED) is 0.780. The molecule has 0 radical (unpaired) electrons. The van der Waals surface area contributed by atoms with Crippen LogP contribution in [-0.4, -0.2) is 45.0 Å². The summed E-state index contributed by atoms with van der Waals surface area (Å²) in [5.74, 6) is -2.08. The summed E-state index contributed by atoms with van der Waals surface area (Å²) in [6.07, 6.45) is -1.62. The standard InChI is InChI=1S/C12H19NO5/c1-7(11(2,3)4)12(9(15)16)5-8(14)6-13(12)10(17)18/h7H,5-6H2,1-4H3,(H,15,16)(H,17,18). The zero-order chi connectivity index (χ0) is 14.3. The molecule has 0 aliphatic carbocycles. The van der Waals surface area contributed by atoms with E-state index in [2.05, 4.69) is 0 Å². The van der Waals surface area contributed by atoms with Crippen molar-refractivity contribution in [3.63, 3.8) is 0 Å². The molecule has 0 bridgehead atoms. The molecule has 6 nitrogen and oxygen atoms in total. The van der Waals surface area contributed by atoms with Crippen molar-refractivity contribution >= 4 is 17.8 Å². The van der Waals surface area contributed by atoms with E-state index < -0.39 is 28.9 Å². The van der Waals surface area contributed by atoms with Crippen LogP contribution in [0.2, 0.25) is 0 Å². The number of carboxylic acids is 1. The van der Waals surface area contributed by atoms with Crippen molar-refractivity contribution in [3.05, 3.63) is 0 Å². The molecule has 0 aromatic rings. The van der Waals surface area contributed by atoms with Crippen LogP contribution in [0, 0.1) is 11.3 Å². The fourth-order valence-electron chi connectivity index (χ4n) is 2.49. The first-order chi connectivity index (χ1) is 8.03. The Hall–Kier alpha value is -1.59. The van der Waals surface area contributed by atoms with E-state index in [9.17, 15) is 19.5 Å². The lowest BCUT2D eigenvalue weighted by Crippen LogP contribution is -2.59. The van der Waals surface area contributed by atoms with Gasteiger partial charge in [0.15, 0.2) is 11.3 Å². The summed E-state index contributed by atoms with van der Waals surface area (Å²) in [5, 5.41) is 18.6. The van der Waals surface area contributed by atoms with Crippen LogP contribution < -0.4 is 0 Å². The van der Waals surface area contributed by atoms with Crippen LogP contribution >= 0.6 is 0 Å². The van der Waals surface area contributed by atoms with E-state index in [4.69, 9.17) is 5.11 Å². The van der Waals surface area contributed by atoms with Gasteiger partial charge in [0.05, 0.1) is 6.54 Å². The Morgan fingerprint density at radius 1 is 1.33 bits per heavy atom.